The number of nitrogens with one attached hydrogen (secondary N) is 1. The molecule has 7 nitrogen and oxygen atoms in total. The molecule has 0 bridgehead atoms. The van der Waals surface area contributed by atoms with Crippen LogP contribution in [0.25, 0.3) is 0 Å². The molecule has 3 heterocycles. The minimum Gasteiger partial charge on any atom is -0.375 e. The normalized spacial score (nSPS) is 14.7. The molecule has 3 rings (SSSR count). The molecule has 1 aliphatic rings. The van der Waals surface area contributed by atoms with Crippen LogP contribution in [-0.2, 0) is 29.0 Å². The van der Waals surface area contributed by atoms with Gasteiger partial charge in [-0.25, -0.2) is 9.98 Å². The van der Waals surface area contributed by atoms with Crippen molar-refractivity contribution in [3.05, 3.63) is 38.0 Å². The molecule has 10 heteroatoms. The van der Waals surface area contributed by atoms with Crippen LogP contribution in [-0.4, -0.2) is 60.4 Å². The van der Waals surface area contributed by atoms with Gasteiger partial charge in [0.05, 0.1) is 12.2 Å². The third-order valence-electron chi connectivity index (χ3n) is 4.89. The molecule has 166 valence electrons. The Morgan fingerprint density at radius 2 is 2.27 bits per heavy atom. The van der Waals surface area contributed by atoms with Crippen LogP contribution in [0.3, 0.4) is 0 Å². The maximum absolute atomic E-state index is 12.7. The van der Waals surface area contributed by atoms with Gasteiger partial charge in [0.15, 0.2) is 5.96 Å². The summed E-state index contributed by atoms with van der Waals surface area (Å²) in [6.45, 7) is 6.98. The van der Waals surface area contributed by atoms with Crippen LogP contribution in [0.1, 0.15) is 41.1 Å². The number of guanidine groups is 1. The highest BCUT2D eigenvalue weighted by Crippen LogP contribution is 2.24. The Kier molecular flexibility index (Phi) is 9.98. The van der Waals surface area contributed by atoms with Gasteiger partial charge in [-0.2, -0.15) is 0 Å². The van der Waals surface area contributed by atoms with E-state index < -0.39 is 0 Å². The molecular weight excluding hydrogens is 533 g/mol. The summed E-state index contributed by atoms with van der Waals surface area (Å²) >= 11 is 3.38. The van der Waals surface area contributed by atoms with Gasteiger partial charge in [-0.15, -0.1) is 46.7 Å². The first-order valence-corrected chi connectivity index (χ1v) is 11.6. The Morgan fingerprint density at radius 1 is 1.47 bits per heavy atom. The van der Waals surface area contributed by atoms with Gasteiger partial charge in [0.2, 0.25) is 5.91 Å². The maximum atomic E-state index is 12.7. The van der Waals surface area contributed by atoms with Crippen molar-refractivity contribution in [1.29, 1.82) is 0 Å². The molecule has 1 aliphatic heterocycles. The molecule has 0 spiro atoms. The fraction of sp³-hybridized carbons (Fsp3) is 0.550. The van der Waals surface area contributed by atoms with Gasteiger partial charge in [0, 0.05) is 44.0 Å². The molecule has 1 N–H and O–H groups in total. The summed E-state index contributed by atoms with van der Waals surface area (Å²) in [5, 5.41) is 8.38. The number of aliphatic imine (C=N–C) groups is 1. The van der Waals surface area contributed by atoms with Gasteiger partial charge < -0.3 is 19.9 Å². The summed E-state index contributed by atoms with van der Waals surface area (Å²) in [4.78, 5) is 27.2. The van der Waals surface area contributed by atoms with Crippen LogP contribution < -0.4 is 5.32 Å². The average Bonchev–Trinajstić information content (AvgIpc) is 3.38. The Bertz CT molecular complexity index is 854. The summed E-state index contributed by atoms with van der Waals surface area (Å²) in [5.41, 5.74) is 2.24. The van der Waals surface area contributed by atoms with Gasteiger partial charge in [0.1, 0.15) is 17.7 Å². The number of thiazole rings is 1. The Labute approximate surface area is 203 Å². The van der Waals surface area contributed by atoms with E-state index in [1.165, 1.54) is 10.4 Å². The summed E-state index contributed by atoms with van der Waals surface area (Å²) in [7, 11) is 3.65. The molecule has 1 atom stereocenters. The zero-order valence-electron chi connectivity index (χ0n) is 17.9. The number of nitrogens with zero attached hydrogens (tertiary/aromatic N) is 4. The standard InChI is InChI=1S/C20H29N5O2S2.HI/c1-5-21-20(24(3)12-16-13-29-19(23-16)14(2)27-4)22-10-18(26)25-8-6-17-15(11-25)7-9-28-17;/h7,9,13-14H,5-6,8,10-12H2,1-4H3,(H,21,22);1H. The fourth-order valence-electron chi connectivity index (χ4n) is 3.17. The van der Waals surface area contributed by atoms with E-state index in [1.54, 1.807) is 29.8 Å². The third-order valence-corrected chi connectivity index (χ3v) is 6.97. The van der Waals surface area contributed by atoms with E-state index in [4.69, 9.17) is 4.74 Å². The number of aromatic nitrogens is 1. The van der Waals surface area contributed by atoms with Crippen molar-refractivity contribution in [3.8, 4) is 0 Å². The topological polar surface area (TPSA) is 70.1 Å². The summed E-state index contributed by atoms with van der Waals surface area (Å²) < 4.78 is 5.34. The van der Waals surface area contributed by atoms with Crippen LogP contribution in [0, 0.1) is 0 Å². The SMILES string of the molecule is CCNC(=NCC(=O)N1CCc2sccc2C1)N(C)Cc1csc(C(C)OC)n1.I. The maximum Gasteiger partial charge on any atom is 0.244 e. The minimum atomic E-state index is -0.00753. The predicted octanol–water partition coefficient (Wildman–Crippen LogP) is 3.51. The summed E-state index contributed by atoms with van der Waals surface area (Å²) in [6.07, 6.45) is 0.931. The van der Waals surface area contributed by atoms with E-state index in [1.807, 2.05) is 36.1 Å². The Balaban J connectivity index is 0.00000320. The van der Waals surface area contributed by atoms with Gasteiger partial charge in [-0.1, -0.05) is 0 Å². The second kappa shape index (κ2) is 12.0. The monoisotopic (exact) mass is 563 g/mol. The van der Waals surface area contributed by atoms with E-state index in [-0.39, 0.29) is 42.5 Å². The van der Waals surface area contributed by atoms with Crippen LogP contribution in [0.4, 0.5) is 0 Å². The van der Waals surface area contributed by atoms with Crippen LogP contribution in [0.2, 0.25) is 0 Å². The van der Waals surface area contributed by atoms with Crippen molar-refractivity contribution in [2.45, 2.75) is 39.5 Å². The summed E-state index contributed by atoms with van der Waals surface area (Å²) in [5.74, 6) is 0.777. The fourth-order valence-corrected chi connectivity index (χ4v) is 4.91. The van der Waals surface area contributed by atoms with Crippen molar-refractivity contribution in [2.24, 2.45) is 4.99 Å². The van der Waals surface area contributed by atoms with Gasteiger partial charge in [-0.3, -0.25) is 4.79 Å². The number of thiophene rings is 1. The second-order valence-corrected chi connectivity index (χ2v) is 8.91. The van der Waals surface area contributed by atoms with Crippen molar-refractivity contribution in [3.63, 3.8) is 0 Å². The molecule has 0 aromatic carbocycles. The number of carbonyl (C=O) groups excluding carboxylic acids is 1. The second-order valence-electron chi connectivity index (χ2n) is 7.02. The van der Waals surface area contributed by atoms with Crippen LogP contribution in [0.5, 0.6) is 0 Å². The van der Waals surface area contributed by atoms with E-state index >= 15 is 0 Å². The summed E-state index contributed by atoms with van der Waals surface area (Å²) in [6, 6.07) is 2.12. The number of methoxy groups -OCH3 is 1. The average molecular weight is 564 g/mol. The molecule has 0 fully saturated rings. The lowest BCUT2D eigenvalue weighted by Gasteiger charge is -2.27. The van der Waals surface area contributed by atoms with Crippen molar-refractivity contribution in [1.82, 2.24) is 20.1 Å². The number of halogens is 1. The molecule has 1 amide bonds. The highest BCUT2D eigenvalue weighted by atomic mass is 127. The lowest BCUT2D eigenvalue weighted by atomic mass is 10.1. The molecule has 2 aromatic heterocycles. The first-order chi connectivity index (χ1) is 14.0. The highest BCUT2D eigenvalue weighted by molar-refractivity contribution is 14.0. The van der Waals surface area contributed by atoms with Crippen molar-refractivity contribution in [2.75, 3.05) is 33.8 Å². The first-order valence-electron chi connectivity index (χ1n) is 9.81. The minimum absolute atomic E-state index is 0. The third kappa shape index (κ3) is 6.38. The number of hydrogen-bond acceptors (Lipinski definition) is 6. The number of amides is 1. The van der Waals surface area contributed by atoms with E-state index in [0.29, 0.717) is 19.0 Å². The van der Waals surface area contributed by atoms with Crippen molar-refractivity contribution >= 4 is 58.5 Å². The van der Waals surface area contributed by atoms with E-state index in [2.05, 4.69) is 26.7 Å². The van der Waals surface area contributed by atoms with Gasteiger partial charge >= 0.3 is 0 Å². The van der Waals surface area contributed by atoms with Crippen LogP contribution in [0.15, 0.2) is 21.8 Å². The molecule has 2 aromatic rings. The smallest absolute Gasteiger partial charge is 0.244 e. The van der Waals surface area contributed by atoms with Gasteiger partial charge in [-0.05, 0) is 37.3 Å². The number of carbonyl (C=O) groups is 1. The number of hydrogen-bond donors (Lipinski definition) is 1. The quantitative estimate of drug-likeness (QED) is 0.317. The van der Waals surface area contributed by atoms with Crippen LogP contribution >= 0.6 is 46.7 Å². The molecule has 30 heavy (non-hydrogen) atoms. The largest absolute Gasteiger partial charge is 0.375 e. The number of rotatable bonds is 7. The zero-order valence-corrected chi connectivity index (χ0v) is 21.8. The lowest BCUT2D eigenvalue weighted by molar-refractivity contribution is -0.130. The molecule has 1 unspecified atom stereocenters. The van der Waals surface area contributed by atoms with E-state index in [0.717, 1.165) is 30.2 Å². The molecule has 0 radical (unpaired) electrons. The lowest BCUT2D eigenvalue weighted by Crippen LogP contribution is -2.41. The Morgan fingerprint density at radius 3 is 3.00 bits per heavy atom. The molecule has 0 saturated heterocycles. The molecular formula is C20H30IN5O2S2. The highest BCUT2D eigenvalue weighted by Gasteiger charge is 2.21. The molecule has 0 saturated carbocycles. The molecule has 0 aliphatic carbocycles. The Hall–Kier alpha value is -1.24. The predicted molar refractivity (Wildman–Crippen MR) is 134 cm³/mol. The van der Waals surface area contributed by atoms with Gasteiger partial charge in [0.25, 0.3) is 0 Å². The van der Waals surface area contributed by atoms with E-state index in [9.17, 15) is 4.79 Å². The number of ether oxygens (including phenoxy) is 1. The number of fused-ring (bicyclic) bond motifs is 1. The zero-order chi connectivity index (χ0) is 20.8. The first kappa shape index (κ1) is 25.0. The van der Waals surface area contributed by atoms with Crippen molar-refractivity contribution < 1.29 is 9.53 Å².